The number of rotatable bonds is 6. The van der Waals surface area contributed by atoms with E-state index in [2.05, 4.69) is 21.4 Å². The molecule has 0 amide bonds. The second kappa shape index (κ2) is 7.22. The van der Waals surface area contributed by atoms with Gasteiger partial charge >= 0.3 is 0 Å². The van der Waals surface area contributed by atoms with Crippen molar-refractivity contribution in [2.24, 2.45) is 0 Å². The van der Waals surface area contributed by atoms with Crippen molar-refractivity contribution in [3.05, 3.63) is 47.3 Å². The molecule has 1 N–H and O–H groups in total. The Hall–Kier alpha value is -2.65. The number of nitrogens with zero attached hydrogens (tertiary/aromatic N) is 3. The fourth-order valence-electron chi connectivity index (χ4n) is 1.91. The van der Waals surface area contributed by atoms with Gasteiger partial charge in [0, 0.05) is 13.1 Å². The zero-order valence-electron chi connectivity index (χ0n) is 12.0. The van der Waals surface area contributed by atoms with Gasteiger partial charge in [0.1, 0.15) is 6.33 Å². The van der Waals surface area contributed by atoms with Crippen LogP contribution in [0.5, 0.6) is 11.8 Å². The lowest BCUT2D eigenvalue weighted by molar-refractivity contribution is 0.359. The van der Waals surface area contributed by atoms with Crippen LogP contribution in [0.15, 0.2) is 30.6 Å². The average molecular weight is 284 g/mol. The van der Waals surface area contributed by atoms with Crippen molar-refractivity contribution in [3.8, 4) is 17.8 Å². The highest BCUT2D eigenvalue weighted by atomic mass is 16.5. The smallest absolute Gasteiger partial charge is 0.224 e. The van der Waals surface area contributed by atoms with Crippen LogP contribution in [0.2, 0.25) is 0 Å². The minimum absolute atomic E-state index is 0.495. The third kappa shape index (κ3) is 3.68. The summed E-state index contributed by atoms with van der Waals surface area (Å²) in [7, 11) is 3.12. The molecule has 6 heteroatoms. The van der Waals surface area contributed by atoms with E-state index in [1.54, 1.807) is 26.4 Å². The highest BCUT2D eigenvalue weighted by Crippen LogP contribution is 2.22. The Kier molecular flexibility index (Phi) is 5.07. The standard InChI is InChI=1S/C15H16N4O2/c1-20-14-13(15(21-2)19-10-18-14)9-17-8-12-5-3-11(7-16)4-6-12/h3-6,10,17H,8-9H2,1-2H3. The molecule has 0 unspecified atom stereocenters. The van der Waals surface area contributed by atoms with Gasteiger partial charge in [0.15, 0.2) is 0 Å². The second-order valence-electron chi connectivity index (χ2n) is 4.28. The first-order valence-electron chi connectivity index (χ1n) is 6.40. The zero-order valence-corrected chi connectivity index (χ0v) is 12.0. The Balaban J connectivity index is 2.01. The van der Waals surface area contributed by atoms with Crippen LogP contribution in [0.3, 0.4) is 0 Å². The third-order valence-corrected chi connectivity index (χ3v) is 2.97. The predicted molar refractivity (Wildman–Crippen MR) is 76.8 cm³/mol. The molecule has 21 heavy (non-hydrogen) atoms. The molecule has 0 aliphatic heterocycles. The van der Waals surface area contributed by atoms with Crippen LogP contribution >= 0.6 is 0 Å². The number of hydrogen-bond acceptors (Lipinski definition) is 6. The van der Waals surface area contributed by atoms with E-state index in [1.807, 2.05) is 12.1 Å². The lowest BCUT2D eigenvalue weighted by Crippen LogP contribution is -2.15. The SMILES string of the molecule is COc1ncnc(OC)c1CNCc1ccc(C#N)cc1. The molecule has 2 rings (SSSR count). The summed E-state index contributed by atoms with van der Waals surface area (Å²) >= 11 is 0. The molecule has 2 aromatic rings. The molecule has 108 valence electrons. The molecule has 0 radical (unpaired) electrons. The number of hydrogen-bond donors (Lipinski definition) is 1. The van der Waals surface area contributed by atoms with Gasteiger partial charge in [-0.3, -0.25) is 0 Å². The maximum Gasteiger partial charge on any atom is 0.224 e. The van der Waals surface area contributed by atoms with E-state index < -0.39 is 0 Å². The second-order valence-corrected chi connectivity index (χ2v) is 4.28. The lowest BCUT2D eigenvalue weighted by Gasteiger charge is -2.11. The summed E-state index contributed by atoms with van der Waals surface area (Å²) in [6.07, 6.45) is 1.40. The fraction of sp³-hybridized carbons (Fsp3) is 0.267. The molecular formula is C15H16N4O2. The molecule has 0 spiro atoms. The van der Waals surface area contributed by atoms with Gasteiger partial charge in [-0.1, -0.05) is 12.1 Å². The van der Waals surface area contributed by atoms with Crippen LogP contribution in [-0.2, 0) is 13.1 Å². The number of nitrogens with one attached hydrogen (secondary N) is 1. The van der Waals surface area contributed by atoms with Crippen LogP contribution in [-0.4, -0.2) is 24.2 Å². The van der Waals surface area contributed by atoms with Crippen LogP contribution in [0.4, 0.5) is 0 Å². The molecule has 0 saturated carbocycles. The van der Waals surface area contributed by atoms with Gasteiger partial charge in [-0.05, 0) is 17.7 Å². The van der Waals surface area contributed by atoms with Crippen molar-refractivity contribution in [1.29, 1.82) is 5.26 Å². The topological polar surface area (TPSA) is 80.1 Å². The van der Waals surface area contributed by atoms with Gasteiger partial charge in [-0.25, -0.2) is 9.97 Å². The number of benzene rings is 1. The maximum atomic E-state index is 8.76. The van der Waals surface area contributed by atoms with Crippen molar-refractivity contribution < 1.29 is 9.47 Å². The Bertz CT molecular complexity index is 613. The maximum absolute atomic E-state index is 8.76. The Labute approximate surface area is 123 Å². The molecular weight excluding hydrogens is 268 g/mol. The molecule has 1 aromatic carbocycles. The quantitative estimate of drug-likeness (QED) is 0.869. The summed E-state index contributed by atoms with van der Waals surface area (Å²) in [5.74, 6) is 0.989. The monoisotopic (exact) mass is 284 g/mol. The largest absolute Gasteiger partial charge is 0.481 e. The van der Waals surface area contributed by atoms with E-state index in [4.69, 9.17) is 14.7 Å². The van der Waals surface area contributed by atoms with Crippen molar-refractivity contribution in [3.63, 3.8) is 0 Å². The van der Waals surface area contributed by atoms with Gasteiger partial charge in [-0.15, -0.1) is 0 Å². The molecule has 1 heterocycles. The predicted octanol–water partition coefficient (Wildman–Crippen LogP) is 1.66. The van der Waals surface area contributed by atoms with Gasteiger partial charge in [0.25, 0.3) is 0 Å². The van der Waals surface area contributed by atoms with Crippen molar-refractivity contribution >= 4 is 0 Å². The first kappa shape index (κ1) is 14.8. The van der Waals surface area contributed by atoms with Gasteiger partial charge in [-0.2, -0.15) is 5.26 Å². The van der Waals surface area contributed by atoms with Crippen molar-refractivity contribution in [1.82, 2.24) is 15.3 Å². The molecule has 0 aliphatic rings. The number of aromatic nitrogens is 2. The summed E-state index contributed by atoms with van der Waals surface area (Å²) in [5, 5.41) is 12.0. The Morgan fingerprint density at radius 2 is 1.67 bits per heavy atom. The van der Waals surface area contributed by atoms with Crippen LogP contribution in [0, 0.1) is 11.3 Å². The Morgan fingerprint density at radius 3 is 2.19 bits per heavy atom. The van der Waals surface area contributed by atoms with E-state index in [0.29, 0.717) is 30.4 Å². The first-order chi connectivity index (χ1) is 10.3. The van der Waals surface area contributed by atoms with Crippen molar-refractivity contribution in [2.45, 2.75) is 13.1 Å². The fourth-order valence-corrected chi connectivity index (χ4v) is 1.91. The highest BCUT2D eigenvalue weighted by Gasteiger charge is 2.12. The lowest BCUT2D eigenvalue weighted by atomic mass is 10.1. The van der Waals surface area contributed by atoms with Gasteiger partial charge in [0.05, 0.1) is 31.4 Å². The molecule has 6 nitrogen and oxygen atoms in total. The van der Waals surface area contributed by atoms with Crippen LogP contribution in [0.1, 0.15) is 16.7 Å². The third-order valence-electron chi connectivity index (χ3n) is 2.97. The summed E-state index contributed by atoms with van der Waals surface area (Å²) in [6.45, 7) is 1.18. The average Bonchev–Trinajstić information content (AvgIpc) is 2.55. The number of ether oxygens (including phenoxy) is 2. The molecule has 1 aromatic heterocycles. The first-order valence-corrected chi connectivity index (χ1v) is 6.40. The van der Waals surface area contributed by atoms with Gasteiger partial charge in [0.2, 0.25) is 11.8 Å². The minimum atomic E-state index is 0.495. The molecule has 0 aliphatic carbocycles. The molecule has 0 atom stereocenters. The molecule has 0 bridgehead atoms. The van der Waals surface area contributed by atoms with E-state index >= 15 is 0 Å². The summed E-state index contributed by atoms with van der Waals surface area (Å²) in [6, 6.07) is 9.52. The van der Waals surface area contributed by atoms with E-state index in [1.165, 1.54) is 6.33 Å². The summed E-state index contributed by atoms with van der Waals surface area (Å²) in [5.41, 5.74) is 2.51. The summed E-state index contributed by atoms with van der Waals surface area (Å²) < 4.78 is 10.4. The van der Waals surface area contributed by atoms with Gasteiger partial charge < -0.3 is 14.8 Å². The number of methoxy groups -OCH3 is 2. The molecule has 0 saturated heterocycles. The molecule has 0 fully saturated rings. The number of nitriles is 1. The van der Waals surface area contributed by atoms with E-state index in [-0.39, 0.29) is 0 Å². The van der Waals surface area contributed by atoms with Crippen LogP contribution < -0.4 is 14.8 Å². The van der Waals surface area contributed by atoms with E-state index in [0.717, 1.165) is 11.1 Å². The highest BCUT2D eigenvalue weighted by molar-refractivity contribution is 5.34. The summed E-state index contributed by atoms with van der Waals surface area (Å²) in [4.78, 5) is 8.13. The zero-order chi connectivity index (χ0) is 15.1. The van der Waals surface area contributed by atoms with E-state index in [9.17, 15) is 0 Å². The normalized spacial score (nSPS) is 9.95. The minimum Gasteiger partial charge on any atom is -0.481 e. The Morgan fingerprint density at radius 1 is 1.05 bits per heavy atom. The van der Waals surface area contributed by atoms with Crippen LogP contribution in [0.25, 0.3) is 0 Å². The van der Waals surface area contributed by atoms with Crippen molar-refractivity contribution in [2.75, 3.05) is 14.2 Å².